The summed E-state index contributed by atoms with van der Waals surface area (Å²) in [6, 6.07) is 6.93. The van der Waals surface area contributed by atoms with Crippen LogP contribution < -0.4 is 10.6 Å². The third kappa shape index (κ3) is 9.18. The fraction of sp³-hybridized carbons (Fsp3) is 0.533. The molecule has 1 rings (SSSR count). The van der Waals surface area contributed by atoms with Gasteiger partial charge in [-0.2, -0.15) is 11.8 Å². The SMILES string of the molecule is CN=C(NCCSCc1ccccc1F)NCC(C)C.I. The monoisotopic (exact) mass is 425 g/mol. The van der Waals surface area contributed by atoms with Gasteiger partial charge in [0.05, 0.1) is 0 Å². The van der Waals surface area contributed by atoms with E-state index in [-0.39, 0.29) is 29.8 Å². The van der Waals surface area contributed by atoms with Crippen molar-refractivity contribution in [2.45, 2.75) is 19.6 Å². The van der Waals surface area contributed by atoms with Crippen molar-refractivity contribution in [3.05, 3.63) is 35.6 Å². The van der Waals surface area contributed by atoms with Gasteiger partial charge >= 0.3 is 0 Å². The van der Waals surface area contributed by atoms with Crippen LogP contribution in [0.3, 0.4) is 0 Å². The average Bonchev–Trinajstić information content (AvgIpc) is 2.43. The average molecular weight is 425 g/mol. The quantitative estimate of drug-likeness (QED) is 0.304. The van der Waals surface area contributed by atoms with Crippen molar-refractivity contribution in [3.63, 3.8) is 0 Å². The summed E-state index contributed by atoms with van der Waals surface area (Å²) in [4.78, 5) is 4.16. The fourth-order valence-electron chi connectivity index (χ4n) is 1.56. The lowest BCUT2D eigenvalue weighted by molar-refractivity contribution is 0.616. The van der Waals surface area contributed by atoms with Crippen LogP contribution in [0.4, 0.5) is 4.39 Å². The number of benzene rings is 1. The van der Waals surface area contributed by atoms with Gasteiger partial charge in [-0.15, -0.1) is 24.0 Å². The lowest BCUT2D eigenvalue weighted by atomic mass is 10.2. The standard InChI is InChI=1S/C15H24FN3S.HI/c1-12(2)10-19-15(17-3)18-8-9-20-11-13-6-4-5-7-14(13)16;/h4-7,12H,8-11H2,1-3H3,(H2,17,18,19);1H. The fourth-order valence-corrected chi connectivity index (χ4v) is 2.41. The van der Waals surface area contributed by atoms with E-state index in [9.17, 15) is 4.39 Å². The second kappa shape index (κ2) is 12.1. The molecule has 0 unspecified atom stereocenters. The number of nitrogens with one attached hydrogen (secondary N) is 2. The second-order valence-electron chi connectivity index (χ2n) is 4.92. The van der Waals surface area contributed by atoms with Gasteiger partial charge in [0.1, 0.15) is 5.82 Å². The van der Waals surface area contributed by atoms with Crippen molar-refractivity contribution in [2.75, 3.05) is 25.9 Å². The molecule has 120 valence electrons. The number of halogens is 2. The minimum atomic E-state index is -0.123. The summed E-state index contributed by atoms with van der Waals surface area (Å²) in [6.07, 6.45) is 0. The van der Waals surface area contributed by atoms with Crippen LogP contribution in [0, 0.1) is 11.7 Å². The Hall–Kier alpha value is -0.500. The molecule has 0 aromatic heterocycles. The first-order valence-corrected chi connectivity index (χ1v) is 8.04. The zero-order chi connectivity index (χ0) is 14.8. The molecule has 0 aliphatic carbocycles. The maximum Gasteiger partial charge on any atom is 0.191 e. The molecule has 0 amide bonds. The Kier molecular flexibility index (Phi) is 11.8. The molecule has 0 spiro atoms. The number of hydrogen-bond donors (Lipinski definition) is 2. The molecule has 6 heteroatoms. The minimum absolute atomic E-state index is 0. The summed E-state index contributed by atoms with van der Waals surface area (Å²) in [7, 11) is 1.77. The highest BCUT2D eigenvalue weighted by atomic mass is 127. The summed E-state index contributed by atoms with van der Waals surface area (Å²) in [5.74, 6) is 2.90. The Balaban J connectivity index is 0.00000400. The van der Waals surface area contributed by atoms with Crippen LogP contribution >= 0.6 is 35.7 Å². The van der Waals surface area contributed by atoms with Gasteiger partial charge in [0.25, 0.3) is 0 Å². The molecule has 3 nitrogen and oxygen atoms in total. The third-order valence-corrected chi connectivity index (χ3v) is 3.66. The summed E-state index contributed by atoms with van der Waals surface area (Å²) in [6.45, 7) is 6.04. The highest BCUT2D eigenvalue weighted by Gasteiger charge is 2.01. The van der Waals surface area contributed by atoms with Gasteiger partial charge in [-0.1, -0.05) is 32.0 Å². The highest BCUT2D eigenvalue weighted by molar-refractivity contribution is 14.0. The van der Waals surface area contributed by atoms with Crippen LogP contribution in [0.15, 0.2) is 29.3 Å². The van der Waals surface area contributed by atoms with E-state index in [0.717, 1.165) is 30.4 Å². The molecule has 0 saturated carbocycles. The zero-order valence-corrected chi connectivity index (χ0v) is 16.0. The van der Waals surface area contributed by atoms with E-state index < -0.39 is 0 Å². The first-order valence-electron chi connectivity index (χ1n) is 6.89. The van der Waals surface area contributed by atoms with Gasteiger partial charge in [0, 0.05) is 31.6 Å². The summed E-state index contributed by atoms with van der Waals surface area (Å²) < 4.78 is 13.4. The van der Waals surface area contributed by atoms with Crippen molar-refractivity contribution in [1.82, 2.24) is 10.6 Å². The van der Waals surface area contributed by atoms with Gasteiger partial charge in [0.15, 0.2) is 5.96 Å². The molecular formula is C15H25FIN3S. The van der Waals surface area contributed by atoms with E-state index >= 15 is 0 Å². The van der Waals surface area contributed by atoms with Gasteiger partial charge < -0.3 is 10.6 Å². The number of hydrogen-bond acceptors (Lipinski definition) is 2. The van der Waals surface area contributed by atoms with Gasteiger partial charge in [0.2, 0.25) is 0 Å². The number of rotatable bonds is 7. The van der Waals surface area contributed by atoms with E-state index in [1.54, 1.807) is 24.9 Å². The lowest BCUT2D eigenvalue weighted by Crippen LogP contribution is -2.40. The number of guanidine groups is 1. The first-order chi connectivity index (χ1) is 9.63. The van der Waals surface area contributed by atoms with Crippen molar-refractivity contribution < 1.29 is 4.39 Å². The number of thioether (sulfide) groups is 1. The van der Waals surface area contributed by atoms with E-state index in [2.05, 4.69) is 29.5 Å². The van der Waals surface area contributed by atoms with E-state index in [1.165, 1.54) is 6.07 Å². The Bertz CT molecular complexity index is 427. The third-order valence-electron chi connectivity index (χ3n) is 2.66. The Labute approximate surface area is 148 Å². The number of nitrogens with zero attached hydrogens (tertiary/aromatic N) is 1. The smallest absolute Gasteiger partial charge is 0.191 e. The van der Waals surface area contributed by atoms with E-state index in [4.69, 9.17) is 0 Å². The van der Waals surface area contributed by atoms with E-state index in [0.29, 0.717) is 11.7 Å². The van der Waals surface area contributed by atoms with Crippen LogP contribution in [0.1, 0.15) is 19.4 Å². The van der Waals surface area contributed by atoms with Crippen molar-refractivity contribution >= 4 is 41.7 Å². The van der Waals surface area contributed by atoms with Crippen molar-refractivity contribution in [3.8, 4) is 0 Å². The van der Waals surface area contributed by atoms with Gasteiger partial charge in [-0.3, -0.25) is 4.99 Å². The van der Waals surface area contributed by atoms with Crippen LogP contribution in [-0.4, -0.2) is 31.8 Å². The Morgan fingerprint density at radius 2 is 2.00 bits per heavy atom. The van der Waals surface area contributed by atoms with Crippen molar-refractivity contribution in [2.24, 2.45) is 10.9 Å². The van der Waals surface area contributed by atoms with E-state index in [1.807, 2.05) is 12.1 Å². The van der Waals surface area contributed by atoms with Crippen LogP contribution in [0.25, 0.3) is 0 Å². The predicted molar refractivity (Wildman–Crippen MR) is 102 cm³/mol. The summed E-state index contributed by atoms with van der Waals surface area (Å²) >= 11 is 1.71. The summed E-state index contributed by atoms with van der Waals surface area (Å²) in [5.41, 5.74) is 0.764. The molecule has 0 aliphatic rings. The second-order valence-corrected chi connectivity index (χ2v) is 6.02. The summed E-state index contributed by atoms with van der Waals surface area (Å²) in [5, 5.41) is 6.51. The molecule has 1 aromatic rings. The topological polar surface area (TPSA) is 36.4 Å². The molecule has 0 heterocycles. The largest absolute Gasteiger partial charge is 0.356 e. The molecule has 1 aromatic carbocycles. The molecule has 0 saturated heterocycles. The maximum atomic E-state index is 13.4. The van der Waals surface area contributed by atoms with Gasteiger partial charge in [-0.25, -0.2) is 4.39 Å². The molecule has 21 heavy (non-hydrogen) atoms. The minimum Gasteiger partial charge on any atom is -0.356 e. The normalized spacial score (nSPS) is 11.2. The van der Waals surface area contributed by atoms with Crippen molar-refractivity contribution in [1.29, 1.82) is 0 Å². The predicted octanol–water partition coefficient (Wildman–Crippen LogP) is 3.50. The van der Waals surface area contributed by atoms with Crippen LogP contribution in [-0.2, 0) is 5.75 Å². The molecular weight excluding hydrogens is 400 g/mol. The molecule has 0 fully saturated rings. The zero-order valence-electron chi connectivity index (χ0n) is 12.9. The Morgan fingerprint density at radius 3 is 2.62 bits per heavy atom. The van der Waals surface area contributed by atoms with Crippen LogP contribution in [0.2, 0.25) is 0 Å². The maximum absolute atomic E-state index is 13.4. The van der Waals surface area contributed by atoms with Gasteiger partial charge in [-0.05, 0) is 17.5 Å². The molecule has 0 atom stereocenters. The Morgan fingerprint density at radius 1 is 1.29 bits per heavy atom. The lowest BCUT2D eigenvalue weighted by Gasteiger charge is -2.13. The molecule has 0 bridgehead atoms. The van der Waals surface area contributed by atoms with Crippen LogP contribution in [0.5, 0.6) is 0 Å². The first kappa shape index (κ1) is 20.5. The molecule has 0 radical (unpaired) electrons. The molecule has 2 N–H and O–H groups in total. The molecule has 0 aliphatic heterocycles. The highest BCUT2D eigenvalue weighted by Crippen LogP contribution is 2.14. The number of aliphatic imine (C=N–C) groups is 1.